The summed E-state index contributed by atoms with van der Waals surface area (Å²) >= 11 is 0. The van der Waals surface area contributed by atoms with E-state index in [0.29, 0.717) is 5.92 Å². The fraction of sp³-hybridized carbons (Fsp3) is 0.438. The number of benzene rings is 1. The van der Waals surface area contributed by atoms with Crippen molar-refractivity contribution in [1.29, 1.82) is 0 Å². The van der Waals surface area contributed by atoms with Gasteiger partial charge in [0, 0.05) is 20.2 Å². The molecule has 0 radical (unpaired) electrons. The number of rotatable bonds is 3. The number of fused-ring (bicyclic) bond motifs is 1. The van der Waals surface area contributed by atoms with Gasteiger partial charge in [0.05, 0.1) is 0 Å². The smallest absolute Gasteiger partial charge is 0.246 e. The van der Waals surface area contributed by atoms with Gasteiger partial charge in [0.25, 0.3) is 0 Å². The molecule has 3 heteroatoms. The van der Waals surface area contributed by atoms with Gasteiger partial charge in [-0.2, -0.15) is 0 Å². The maximum atomic E-state index is 13.4. The van der Waals surface area contributed by atoms with Crippen LogP contribution in [0.1, 0.15) is 43.2 Å². The topological polar surface area (TPSA) is 20.3 Å². The number of halogens is 1. The predicted molar refractivity (Wildman–Crippen MR) is 75.3 cm³/mol. The number of allylic oxidation sites excluding steroid dienone is 1. The molecule has 0 aromatic heterocycles. The average molecular weight is 261 g/mol. The van der Waals surface area contributed by atoms with Crippen molar-refractivity contribution in [3.63, 3.8) is 0 Å². The van der Waals surface area contributed by atoms with E-state index in [2.05, 4.69) is 6.92 Å². The van der Waals surface area contributed by atoms with Gasteiger partial charge in [-0.15, -0.1) is 0 Å². The van der Waals surface area contributed by atoms with Crippen molar-refractivity contribution in [3.05, 3.63) is 41.2 Å². The molecular formula is C16H20FNO. The summed E-state index contributed by atoms with van der Waals surface area (Å²) in [6, 6.07) is 4.93. The molecule has 1 unspecified atom stereocenters. The highest BCUT2D eigenvalue weighted by Crippen LogP contribution is 2.43. The lowest BCUT2D eigenvalue weighted by molar-refractivity contribution is -0.123. The zero-order chi connectivity index (χ0) is 14.0. The van der Waals surface area contributed by atoms with Crippen LogP contribution in [0.2, 0.25) is 0 Å². The molecule has 0 aliphatic heterocycles. The van der Waals surface area contributed by atoms with Crippen molar-refractivity contribution in [2.75, 3.05) is 14.1 Å². The Morgan fingerprint density at radius 3 is 2.84 bits per heavy atom. The van der Waals surface area contributed by atoms with Crippen LogP contribution in [-0.4, -0.2) is 24.9 Å². The molecule has 1 aromatic carbocycles. The van der Waals surface area contributed by atoms with E-state index in [1.165, 1.54) is 11.6 Å². The van der Waals surface area contributed by atoms with Crippen LogP contribution in [0.3, 0.4) is 0 Å². The predicted octanol–water partition coefficient (Wildman–Crippen LogP) is 3.58. The lowest BCUT2D eigenvalue weighted by Gasteiger charge is -2.08. The zero-order valence-corrected chi connectivity index (χ0v) is 11.7. The van der Waals surface area contributed by atoms with Crippen LogP contribution in [0.15, 0.2) is 24.3 Å². The standard InChI is InChI=1S/C16H20FNO/c1-4-5-11-8-12(9-16(19)18(2)3)15-10-13(17)6-7-14(11)15/h6-7,9-11H,4-5,8H2,1-3H3. The minimum Gasteiger partial charge on any atom is -0.345 e. The SMILES string of the molecule is CCCC1CC(=CC(=O)N(C)C)c2cc(F)ccc21. The van der Waals surface area contributed by atoms with E-state index in [0.717, 1.165) is 30.4 Å². The maximum absolute atomic E-state index is 13.4. The minimum atomic E-state index is -0.237. The van der Waals surface area contributed by atoms with Crippen molar-refractivity contribution >= 4 is 11.5 Å². The first kappa shape index (κ1) is 13.8. The van der Waals surface area contributed by atoms with E-state index in [4.69, 9.17) is 0 Å². The van der Waals surface area contributed by atoms with Gasteiger partial charge in [-0.1, -0.05) is 19.4 Å². The second kappa shape index (κ2) is 5.55. The third kappa shape index (κ3) is 2.86. The van der Waals surface area contributed by atoms with Crippen LogP contribution in [0, 0.1) is 5.82 Å². The number of hydrogen-bond acceptors (Lipinski definition) is 1. The molecular weight excluding hydrogens is 241 g/mol. The molecule has 0 bridgehead atoms. The molecule has 1 aliphatic carbocycles. The second-order valence-electron chi connectivity index (χ2n) is 5.32. The van der Waals surface area contributed by atoms with E-state index in [1.54, 1.807) is 31.1 Å². The highest BCUT2D eigenvalue weighted by atomic mass is 19.1. The van der Waals surface area contributed by atoms with Crippen molar-refractivity contribution < 1.29 is 9.18 Å². The van der Waals surface area contributed by atoms with Gasteiger partial charge in [0.15, 0.2) is 0 Å². The Kier molecular flexibility index (Phi) is 4.03. The van der Waals surface area contributed by atoms with E-state index in [-0.39, 0.29) is 11.7 Å². The summed E-state index contributed by atoms with van der Waals surface area (Å²) in [5.74, 6) is 0.142. The van der Waals surface area contributed by atoms with Crippen LogP contribution in [0.25, 0.3) is 5.57 Å². The van der Waals surface area contributed by atoms with Gasteiger partial charge in [0.2, 0.25) is 5.91 Å². The van der Waals surface area contributed by atoms with Crippen LogP contribution >= 0.6 is 0 Å². The normalized spacial score (nSPS) is 19.6. The number of carbonyl (C=O) groups is 1. The van der Waals surface area contributed by atoms with Gasteiger partial charge in [-0.05, 0) is 47.6 Å². The molecule has 0 saturated carbocycles. The molecule has 102 valence electrons. The van der Waals surface area contributed by atoms with Gasteiger partial charge in [-0.25, -0.2) is 4.39 Å². The Labute approximate surface area is 113 Å². The van der Waals surface area contributed by atoms with E-state index in [1.807, 2.05) is 6.07 Å². The van der Waals surface area contributed by atoms with Crippen molar-refractivity contribution in [2.24, 2.45) is 0 Å². The molecule has 1 amide bonds. The molecule has 0 heterocycles. The number of likely N-dealkylation sites (N-methyl/N-ethyl adjacent to an activating group) is 1. The Morgan fingerprint density at radius 1 is 1.47 bits per heavy atom. The summed E-state index contributed by atoms with van der Waals surface area (Å²) < 4.78 is 13.4. The first-order valence-electron chi connectivity index (χ1n) is 6.74. The molecule has 2 nitrogen and oxygen atoms in total. The molecule has 0 saturated heterocycles. The highest BCUT2D eigenvalue weighted by Gasteiger charge is 2.26. The van der Waals surface area contributed by atoms with E-state index >= 15 is 0 Å². The molecule has 1 aromatic rings. The second-order valence-corrected chi connectivity index (χ2v) is 5.32. The number of amides is 1. The first-order valence-corrected chi connectivity index (χ1v) is 6.74. The Morgan fingerprint density at radius 2 is 2.21 bits per heavy atom. The van der Waals surface area contributed by atoms with Crippen LogP contribution < -0.4 is 0 Å². The first-order chi connectivity index (χ1) is 9.02. The largest absolute Gasteiger partial charge is 0.345 e. The molecule has 19 heavy (non-hydrogen) atoms. The fourth-order valence-electron chi connectivity index (χ4n) is 2.67. The lowest BCUT2D eigenvalue weighted by Crippen LogP contribution is -2.19. The van der Waals surface area contributed by atoms with E-state index in [9.17, 15) is 9.18 Å². The molecule has 1 aliphatic rings. The quantitative estimate of drug-likeness (QED) is 0.761. The molecule has 2 rings (SSSR count). The Bertz CT molecular complexity index is 519. The van der Waals surface area contributed by atoms with Gasteiger partial charge >= 0.3 is 0 Å². The molecule has 0 spiro atoms. The van der Waals surface area contributed by atoms with E-state index < -0.39 is 0 Å². The third-order valence-corrected chi connectivity index (χ3v) is 3.64. The maximum Gasteiger partial charge on any atom is 0.246 e. The lowest BCUT2D eigenvalue weighted by atomic mass is 9.97. The van der Waals surface area contributed by atoms with Gasteiger partial charge < -0.3 is 4.90 Å². The summed E-state index contributed by atoms with van der Waals surface area (Å²) in [5.41, 5.74) is 3.06. The van der Waals surface area contributed by atoms with Crippen molar-refractivity contribution in [1.82, 2.24) is 4.90 Å². The van der Waals surface area contributed by atoms with Crippen LogP contribution in [-0.2, 0) is 4.79 Å². The van der Waals surface area contributed by atoms with Gasteiger partial charge in [-0.3, -0.25) is 4.79 Å². The van der Waals surface area contributed by atoms with Crippen LogP contribution in [0.5, 0.6) is 0 Å². The van der Waals surface area contributed by atoms with Crippen LogP contribution in [0.4, 0.5) is 4.39 Å². The zero-order valence-electron chi connectivity index (χ0n) is 11.7. The van der Waals surface area contributed by atoms with Crippen molar-refractivity contribution in [3.8, 4) is 0 Å². The summed E-state index contributed by atoms with van der Waals surface area (Å²) in [6.45, 7) is 2.15. The summed E-state index contributed by atoms with van der Waals surface area (Å²) in [5, 5.41) is 0. The summed E-state index contributed by atoms with van der Waals surface area (Å²) in [7, 11) is 3.45. The number of carbonyl (C=O) groups excluding carboxylic acids is 1. The molecule has 0 N–H and O–H groups in total. The average Bonchev–Trinajstić information content (AvgIpc) is 2.67. The minimum absolute atomic E-state index is 0.0395. The highest BCUT2D eigenvalue weighted by molar-refractivity contribution is 5.96. The Hall–Kier alpha value is -1.64. The monoisotopic (exact) mass is 261 g/mol. The van der Waals surface area contributed by atoms with Gasteiger partial charge in [0.1, 0.15) is 5.82 Å². The fourth-order valence-corrected chi connectivity index (χ4v) is 2.67. The number of hydrogen-bond donors (Lipinski definition) is 0. The summed E-state index contributed by atoms with van der Waals surface area (Å²) in [6.07, 6.45) is 4.66. The Balaban J connectivity index is 2.39. The molecule has 0 fully saturated rings. The summed E-state index contributed by atoms with van der Waals surface area (Å²) in [4.78, 5) is 13.4. The molecule has 1 atom stereocenters. The van der Waals surface area contributed by atoms with Crippen molar-refractivity contribution in [2.45, 2.75) is 32.1 Å². The third-order valence-electron chi connectivity index (χ3n) is 3.64. The number of nitrogens with zero attached hydrogens (tertiary/aromatic N) is 1.